The topological polar surface area (TPSA) is 80.5 Å². The van der Waals surface area contributed by atoms with Crippen LogP contribution in [0, 0.1) is 0 Å². The number of hydrogen-bond donors (Lipinski definition) is 1. The predicted octanol–water partition coefficient (Wildman–Crippen LogP) is 5.16. The summed E-state index contributed by atoms with van der Waals surface area (Å²) < 4.78 is 11.3. The Hall–Kier alpha value is -3.97. The molecule has 0 saturated carbocycles. The fourth-order valence-corrected chi connectivity index (χ4v) is 3.80. The number of pyridine rings is 1. The quantitative estimate of drug-likeness (QED) is 0.326. The molecule has 1 amide bonds. The Balaban J connectivity index is 1.46. The normalized spacial score (nSPS) is 11.9. The zero-order valence-corrected chi connectivity index (χ0v) is 20.1. The van der Waals surface area contributed by atoms with Gasteiger partial charge in [0.15, 0.2) is 5.69 Å². The summed E-state index contributed by atoms with van der Waals surface area (Å²) in [6.45, 7) is 6.30. The van der Waals surface area contributed by atoms with Crippen molar-refractivity contribution < 1.29 is 13.9 Å². The Morgan fingerprint density at radius 2 is 1.83 bits per heavy atom. The van der Waals surface area contributed by atoms with Crippen molar-refractivity contribution in [1.29, 1.82) is 0 Å². The molecule has 7 nitrogen and oxygen atoms in total. The second-order valence-electron chi connectivity index (χ2n) is 8.24. The lowest BCUT2D eigenvalue weighted by atomic mass is 10.1. The highest BCUT2D eigenvalue weighted by Crippen LogP contribution is 2.25. The fourth-order valence-electron chi connectivity index (χ4n) is 3.80. The molecule has 0 aliphatic carbocycles. The zero-order valence-electron chi connectivity index (χ0n) is 20.1. The summed E-state index contributed by atoms with van der Waals surface area (Å²) in [5.74, 6) is 1.07. The first kappa shape index (κ1) is 24.2. The van der Waals surface area contributed by atoms with E-state index in [2.05, 4.69) is 51.4 Å². The second kappa shape index (κ2) is 11.9. The second-order valence-corrected chi connectivity index (χ2v) is 8.24. The first-order valence-corrected chi connectivity index (χ1v) is 11.7. The van der Waals surface area contributed by atoms with E-state index >= 15 is 0 Å². The van der Waals surface area contributed by atoms with Crippen molar-refractivity contribution in [3.05, 3.63) is 114 Å². The van der Waals surface area contributed by atoms with Gasteiger partial charge in [0.2, 0.25) is 5.89 Å². The molecule has 180 valence electrons. The van der Waals surface area contributed by atoms with Gasteiger partial charge >= 0.3 is 0 Å². The van der Waals surface area contributed by atoms with Crippen molar-refractivity contribution in [2.45, 2.75) is 39.5 Å². The van der Waals surface area contributed by atoms with Crippen LogP contribution in [0.15, 0.2) is 89.8 Å². The smallest absolute Gasteiger partial charge is 0.273 e. The number of oxazole rings is 1. The lowest BCUT2D eigenvalue weighted by molar-refractivity contribution is 0.0945. The van der Waals surface area contributed by atoms with Crippen LogP contribution in [0.4, 0.5) is 0 Å². The number of carbonyl (C=O) groups excluding carboxylic acids is 1. The van der Waals surface area contributed by atoms with E-state index < -0.39 is 0 Å². The van der Waals surface area contributed by atoms with Crippen LogP contribution < -0.4 is 10.1 Å². The van der Waals surface area contributed by atoms with Crippen molar-refractivity contribution in [3.8, 4) is 5.75 Å². The molecule has 35 heavy (non-hydrogen) atoms. The van der Waals surface area contributed by atoms with E-state index in [1.807, 2.05) is 49.4 Å². The monoisotopic (exact) mass is 470 g/mol. The predicted molar refractivity (Wildman–Crippen MR) is 134 cm³/mol. The Morgan fingerprint density at radius 3 is 2.54 bits per heavy atom. The standard InChI is InChI=1S/C28H30N4O3/c1-3-34-25-13-11-22(12-14-25)18-32(21(2)24-9-5-4-6-10-24)19-27-31-26(20-35-27)28(33)30-17-23-8-7-15-29-16-23/h4-16,20-21H,3,17-19H2,1-2H3,(H,30,33)/t21-/m1/s1. The van der Waals surface area contributed by atoms with Crippen molar-refractivity contribution in [2.75, 3.05) is 6.61 Å². The van der Waals surface area contributed by atoms with Crippen LogP contribution in [0.3, 0.4) is 0 Å². The Labute approximate surface area is 205 Å². The van der Waals surface area contributed by atoms with Crippen LogP contribution in [0.1, 0.15) is 53.0 Å². The molecule has 0 bridgehead atoms. The molecule has 1 atom stereocenters. The molecule has 2 aromatic carbocycles. The van der Waals surface area contributed by atoms with Gasteiger partial charge in [0.25, 0.3) is 5.91 Å². The molecule has 0 saturated heterocycles. The summed E-state index contributed by atoms with van der Waals surface area (Å²) in [6, 6.07) is 22.3. The number of amides is 1. The lowest BCUT2D eigenvalue weighted by Crippen LogP contribution is -2.27. The van der Waals surface area contributed by atoms with E-state index in [4.69, 9.17) is 9.15 Å². The van der Waals surface area contributed by atoms with Crippen molar-refractivity contribution >= 4 is 5.91 Å². The average Bonchev–Trinajstić information content (AvgIpc) is 3.37. The van der Waals surface area contributed by atoms with Gasteiger partial charge in [-0.1, -0.05) is 48.5 Å². The summed E-state index contributed by atoms with van der Waals surface area (Å²) in [7, 11) is 0. The number of nitrogens with zero attached hydrogens (tertiary/aromatic N) is 3. The van der Waals surface area contributed by atoms with Crippen LogP contribution in [-0.2, 0) is 19.6 Å². The molecule has 1 N–H and O–H groups in total. The third-order valence-corrected chi connectivity index (χ3v) is 5.75. The maximum atomic E-state index is 12.6. The van der Waals surface area contributed by atoms with E-state index in [1.54, 1.807) is 12.4 Å². The molecule has 2 heterocycles. The minimum Gasteiger partial charge on any atom is -0.494 e. The van der Waals surface area contributed by atoms with Gasteiger partial charge in [0.1, 0.15) is 12.0 Å². The highest BCUT2D eigenvalue weighted by Gasteiger charge is 2.20. The largest absolute Gasteiger partial charge is 0.494 e. The number of rotatable bonds is 11. The molecule has 0 radical (unpaired) electrons. The molecule has 0 unspecified atom stereocenters. The van der Waals surface area contributed by atoms with Gasteiger partial charge in [0.05, 0.1) is 13.2 Å². The summed E-state index contributed by atoms with van der Waals surface area (Å²) >= 11 is 0. The molecule has 7 heteroatoms. The zero-order chi connectivity index (χ0) is 24.5. The SMILES string of the molecule is CCOc1ccc(CN(Cc2nc(C(=O)NCc3cccnc3)co2)[C@H](C)c2ccccc2)cc1. The van der Waals surface area contributed by atoms with Gasteiger partial charge in [0, 0.05) is 31.5 Å². The van der Waals surface area contributed by atoms with Crippen molar-refractivity contribution in [3.63, 3.8) is 0 Å². The molecular formula is C28H30N4O3. The highest BCUT2D eigenvalue weighted by atomic mass is 16.5. The van der Waals surface area contributed by atoms with E-state index in [0.717, 1.165) is 16.9 Å². The Kier molecular flexibility index (Phi) is 8.25. The number of ether oxygens (including phenoxy) is 1. The number of hydrogen-bond acceptors (Lipinski definition) is 6. The van der Waals surface area contributed by atoms with Gasteiger partial charge in [-0.2, -0.15) is 0 Å². The van der Waals surface area contributed by atoms with Gasteiger partial charge in [-0.15, -0.1) is 0 Å². The maximum Gasteiger partial charge on any atom is 0.273 e. The van der Waals surface area contributed by atoms with Gasteiger partial charge in [-0.3, -0.25) is 14.7 Å². The highest BCUT2D eigenvalue weighted by molar-refractivity contribution is 5.91. The minimum atomic E-state index is -0.280. The van der Waals surface area contributed by atoms with Crippen LogP contribution in [0.5, 0.6) is 5.75 Å². The van der Waals surface area contributed by atoms with E-state index in [0.29, 0.717) is 32.1 Å². The summed E-state index contributed by atoms with van der Waals surface area (Å²) in [6.07, 6.45) is 4.83. The van der Waals surface area contributed by atoms with Crippen LogP contribution in [0.25, 0.3) is 0 Å². The van der Waals surface area contributed by atoms with Crippen LogP contribution in [0.2, 0.25) is 0 Å². The van der Waals surface area contributed by atoms with E-state index in [-0.39, 0.29) is 17.6 Å². The maximum absolute atomic E-state index is 12.6. The molecule has 0 aliphatic rings. The Morgan fingerprint density at radius 1 is 1.03 bits per heavy atom. The molecule has 0 spiro atoms. The molecule has 0 aliphatic heterocycles. The first-order chi connectivity index (χ1) is 17.1. The number of benzene rings is 2. The lowest BCUT2D eigenvalue weighted by Gasteiger charge is -2.28. The molecule has 0 fully saturated rings. The summed E-state index contributed by atoms with van der Waals surface area (Å²) in [4.78, 5) is 23.4. The first-order valence-electron chi connectivity index (χ1n) is 11.7. The van der Waals surface area contributed by atoms with Gasteiger partial charge in [-0.25, -0.2) is 4.98 Å². The van der Waals surface area contributed by atoms with Gasteiger partial charge < -0.3 is 14.5 Å². The minimum absolute atomic E-state index is 0.109. The molecule has 4 aromatic rings. The van der Waals surface area contributed by atoms with Crippen LogP contribution in [-0.4, -0.2) is 27.4 Å². The number of carbonyl (C=O) groups is 1. The third kappa shape index (κ3) is 6.77. The number of nitrogens with one attached hydrogen (secondary N) is 1. The van der Waals surface area contributed by atoms with E-state index in [1.165, 1.54) is 11.8 Å². The molecular weight excluding hydrogens is 440 g/mol. The third-order valence-electron chi connectivity index (χ3n) is 5.75. The summed E-state index contributed by atoms with van der Waals surface area (Å²) in [5, 5.41) is 2.86. The average molecular weight is 471 g/mol. The van der Waals surface area contributed by atoms with Crippen LogP contribution >= 0.6 is 0 Å². The van der Waals surface area contributed by atoms with Gasteiger partial charge in [-0.05, 0) is 48.7 Å². The molecule has 2 aromatic heterocycles. The summed E-state index contributed by atoms with van der Waals surface area (Å²) in [5.41, 5.74) is 3.52. The van der Waals surface area contributed by atoms with Crippen molar-refractivity contribution in [2.24, 2.45) is 0 Å². The fraction of sp³-hybridized carbons (Fsp3) is 0.250. The van der Waals surface area contributed by atoms with E-state index in [9.17, 15) is 4.79 Å². The van der Waals surface area contributed by atoms with Crippen molar-refractivity contribution in [1.82, 2.24) is 20.2 Å². The molecule has 4 rings (SSSR count). The number of aromatic nitrogens is 2. The Bertz CT molecular complexity index is 1190.